The lowest BCUT2D eigenvalue weighted by molar-refractivity contribution is 0.285. The Bertz CT molecular complexity index is 564. The maximum atomic E-state index is 13.8. The number of halogens is 1. The summed E-state index contributed by atoms with van der Waals surface area (Å²) in [4.78, 5) is 0. The van der Waals surface area contributed by atoms with Crippen molar-refractivity contribution in [2.75, 3.05) is 12.3 Å². The first-order valence-electron chi connectivity index (χ1n) is 5.87. The second kappa shape index (κ2) is 4.33. The van der Waals surface area contributed by atoms with Crippen LogP contribution in [0, 0.1) is 11.7 Å². The van der Waals surface area contributed by atoms with E-state index in [-0.39, 0.29) is 11.6 Å². The van der Waals surface area contributed by atoms with Crippen LogP contribution in [0.15, 0.2) is 28.9 Å². The Labute approximate surface area is 104 Å². The van der Waals surface area contributed by atoms with Crippen molar-refractivity contribution in [1.82, 2.24) is 5.16 Å². The summed E-state index contributed by atoms with van der Waals surface area (Å²) in [6.45, 7) is 0.589. The van der Waals surface area contributed by atoms with E-state index in [9.17, 15) is 4.39 Å². The monoisotopic (exact) mass is 248 g/mol. The van der Waals surface area contributed by atoms with Crippen molar-refractivity contribution in [3.63, 3.8) is 0 Å². The SMILES string of the molecule is Nc1oncc1-c1ccc(OCC2CC2)c(F)c1. The van der Waals surface area contributed by atoms with Crippen LogP contribution in [-0.4, -0.2) is 11.8 Å². The third-order valence-electron chi connectivity index (χ3n) is 3.01. The minimum Gasteiger partial charge on any atom is -0.490 e. The summed E-state index contributed by atoms with van der Waals surface area (Å²) in [5, 5.41) is 3.56. The van der Waals surface area contributed by atoms with Crippen molar-refractivity contribution >= 4 is 5.88 Å². The van der Waals surface area contributed by atoms with Crippen LogP contribution in [0.25, 0.3) is 11.1 Å². The van der Waals surface area contributed by atoms with E-state index in [0.717, 1.165) is 0 Å². The van der Waals surface area contributed by atoms with Crippen molar-refractivity contribution in [1.29, 1.82) is 0 Å². The molecule has 0 saturated heterocycles. The van der Waals surface area contributed by atoms with Gasteiger partial charge in [0.15, 0.2) is 11.6 Å². The minimum absolute atomic E-state index is 0.182. The normalized spacial score (nSPS) is 14.7. The topological polar surface area (TPSA) is 61.3 Å². The van der Waals surface area contributed by atoms with Crippen LogP contribution in [0.1, 0.15) is 12.8 Å². The number of ether oxygens (including phenoxy) is 1. The molecule has 0 spiro atoms. The molecule has 4 nitrogen and oxygen atoms in total. The number of benzene rings is 1. The second-order valence-corrected chi connectivity index (χ2v) is 4.50. The summed E-state index contributed by atoms with van der Waals surface area (Å²) in [6.07, 6.45) is 3.82. The van der Waals surface area contributed by atoms with Crippen molar-refractivity contribution in [2.45, 2.75) is 12.8 Å². The van der Waals surface area contributed by atoms with Crippen LogP contribution in [0.5, 0.6) is 5.75 Å². The fourth-order valence-corrected chi connectivity index (χ4v) is 1.74. The number of hydrogen-bond donors (Lipinski definition) is 1. The molecule has 94 valence electrons. The Morgan fingerprint density at radius 1 is 1.44 bits per heavy atom. The second-order valence-electron chi connectivity index (χ2n) is 4.50. The fraction of sp³-hybridized carbons (Fsp3) is 0.308. The molecular weight excluding hydrogens is 235 g/mol. The highest BCUT2D eigenvalue weighted by atomic mass is 19.1. The lowest BCUT2D eigenvalue weighted by Crippen LogP contribution is -2.00. The number of nitrogens with two attached hydrogens (primary N) is 1. The Morgan fingerprint density at radius 2 is 2.28 bits per heavy atom. The lowest BCUT2D eigenvalue weighted by atomic mass is 10.1. The van der Waals surface area contributed by atoms with Gasteiger partial charge >= 0.3 is 0 Å². The molecule has 0 unspecified atom stereocenters. The van der Waals surface area contributed by atoms with Gasteiger partial charge in [-0.1, -0.05) is 11.2 Å². The van der Waals surface area contributed by atoms with Crippen LogP contribution >= 0.6 is 0 Å². The predicted octanol–water partition coefficient (Wildman–Crippen LogP) is 2.85. The molecule has 0 amide bonds. The van der Waals surface area contributed by atoms with Crippen molar-refractivity contribution in [3.8, 4) is 16.9 Å². The zero-order chi connectivity index (χ0) is 12.5. The van der Waals surface area contributed by atoms with Crippen molar-refractivity contribution < 1.29 is 13.7 Å². The lowest BCUT2D eigenvalue weighted by Gasteiger charge is -2.07. The molecule has 1 aromatic carbocycles. The van der Waals surface area contributed by atoms with E-state index in [1.807, 2.05) is 0 Å². The summed E-state index contributed by atoms with van der Waals surface area (Å²) >= 11 is 0. The highest BCUT2D eigenvalue weighted by Gasteiger charge is 2.22. The summed E-state index contributed by atoms with van der Waals surface area (Å²) in [5.74, 6) is 0.660. The van der Waals surface area contributed by atoms with E-state index >= 15 is 0 Å². The molecule has 1 saturated carbocycles. The molecule has 0 atom stereocenters. The first-order chi connectivity index (χ1) is 8.74. The van der Waals surface area contributed by atoms with Crippen LogP contribution < -0.4 is 10.5 Å². The van der Waals surface area contributed by atoms with E-state index in [4.69, 9.17) is 15.0 Å². The molecule has 2 N–H and O–H groups in total. The Balaban J connectivity index is 1.81. The van der Waals surface area contributed by atoms with Crippen LogP contribution in [0.4, 0.5) is 10.3 Å². The van der Waals surface area contributed by atoms with E-state index in [1.165, 1.54) is 25.1 Å². The smallest absolute Gasteiger partial charge is 0.229 e. The van der Waals surface area contributed by atoms with Crippen LogP contribution in [0.2, 0.25) is 0 Å². The van der Waals surface area contributed by atoms with Crippen LogP contribution in [-0.2, 0) is 0 Å². The van der Waals surface area contributed by atoms with Crippen LogP contribution in [0.3, 0.4) is 0 Å². The van der Waals surface area contributed by atoms with Gasteiger partial charge in [0.1, 0.15) is 0 Å². The number of nitrogens with zero attached hydrogens (tertiary/aromatic N) is 1. The molecule has 0 radical (unpaired) electrons. The van der Waals surface area contributed by atoms with Gasteiger partial charge in [0.05, 0.1) is 18.4 Å². The molecule has 5 heteroatoms. The Kier molecular flexibility index (Phi) is 2.66. The van der Waals surface area contributed by atoms with Crippen molar-refractivity contribution in [3.05, 3.63) is 30.2 Å². The quantitative estimate of drug-likeness (QED) is 0.903. The fourth-order valence-electron chi connectivity index (χ4n) is 1.74. The standard InChI is InChI=1S/C13H13FN2O2/c14-11-5-9(10-6-16-18-13(10)15)3-4-12(11)17-7-8-1-2-8/h3-6,8H,1-2,7,15H2. The Morgan fingerprint density at radius 3 is 2.89 bits per heavy atom. The molecule has 0 aliphatic heterocycles. The van der Waals surface area contributed by atoms with Gasteiger partial charge in [-0.25, -0.2) is 4.39 Å². The van der Waals surface area contributed by atoms with Gasteiger partial charge in [0.25, 0.3) is 0 Å². The average Bonchev–Trinajstić information content (AvgIpc) is 3.09. The molecule has 0 bridgehead atoms. The number of hydrogen-bond acceptors (Lipinski definition) is 4. The van der Waals surface area contributed by atoms with Gasteiger partial charge < -0.3 is 15.0 Å². The molecular formula is C13H13FN2O2. The maximum Gasteiger partial charge on any atom is 0.229 e. The van der Waals surface area contributed by atoms with E-state index in [2.05, 4.69) is 5.16 Å². The molecule has 1 aliphatic carbocycles. The first kappa shape index (κ1) is 11.1. The maximum absolute atomic E-state index is 13.8. The van der Waals surface area contributed by atoms with Gasteiger partial charge in [0.2, 0.25) is 5.88 Å². The summed E-state index contributed by atoms with van der Waals surface area (Å²) < 4.78 is 24.0. The number of nitrogen functional groups attached to an aromatic ring is 1. The minimum atomic E-state index is -0.395. The van der Waals surface area contributed by atoms with Gasteiger partial charge in [-0.05, 0) is 36.5 Å². The van der Waals surface area contributed by atoms with Gasteiger partial charge in [0, 0.05) is 0 Å². The highest BCUT2D eigenvalue weighted by molar-refractivity contribution is 5.72. The van der Waals surface area contributed by atoms with Crippen molar-refractivity contribution in [2.24, 2.45) is 5.92 Å². The zero-order valence-corrected chi connectivity index (χ0v) is 9.73. The molecule has 1 fully saturated rings. The largest absolute Gasteiger partial charge is 0.490 e. The average molecular weight is 248 g/mol. The highest BCUT2D eigenvalue weighted by Crippen LogP contribution is 2.32. The zero-order valence-electron chi connectivity index (χ0n) is 9.73. The number of aromatic nitrogens is 1. The molecule has 3 rings (SSSR count). The molecule has 18 heavy (non-hydrogen) atoms. The van der Waals surface area contributed by atoms with Gasteiger partial charge in [-0.15, -0.1) is 0 Å². The molecule has 1 aliphatic rings. The molecule has 2 aromatic rings. The van der Waals surface area contributed by atoms with E-state index < -0.39 is 5.82 Å². The number of rotatable bonds is 4. The third-order valence-corrected chi connectivity index (χ3v) is 3.01. The first-order valence-corrected chi connectivity index (χ1v) is 5.87. The molecule has 1 heterocycles. The van der Waals surface area contributed by atoms with E-state index in [0.29, 0.717) is 23.7 Å². The van der Waals surface area contributed by atoms with E-state index in [1.54, 1.807) is 12.1 Å². The molecule has 1 aromatic heterocycles. The predicted molar refractivity (Wildman–Crippen MR) is 64.5 cm³/mol. The summed E-state index contributed by atoms with van der Waals surface area (Å²) in [5.41, 5.74) is 6.80. The third kappa shape index (κ3) is 2.16. The summed E-state index contributed by atoms with van der Waals surface area (Å²) in [7, 11) is 0. The summed E-state index contributed by atoms with van der Waals surface area (Å²) in [6, 6.07) is 4.73. The van der Waals surface area contributed by atoms with Gasteiger partial charge in [-0.2, -0.15) is 0 Å². The van der Waals surface area contributed by atoms with Gasteiger partial charge in [-0.3, -0.25) is 0 Å². The Hall–Kier alpha value is -2.04. The number of anilines is 1.